The standard InChI is InChI=1S/C9H13N3O4/c1-5-9(16-6(2)13)7(11-12-10)4-8(14-3)15-5/h7-9H,1,4H2,2-3H3/t7-,8+,9-/m0/s1. The lowest BCUT2D eigenvalue weighted by Crippen LogP contribution is -2.41. The van der Waals surface area contributed by atoms with Gasteiger partial charge in [0.2, 0.25) is 0 Å². The molecule has 1 rings (SSSR count). The summed E-state index contributed by atoms with van der Waals surface area (Å²) in [6.45, 7) is 4.88. The molecule has 3 atom stereocenters. The topological polar surface area (TPSA) is 93.5 Å². The second-order valence-electron chi connectivity index (χ2n) is 3.29. The Balaban J connectivity index is 2.82. The molecule has 88 valence electrons. The summed E-state index contributed by atoms with van der Waals surface area (Å²) in [5.74, 6) is -0.255. The minimum Gasteiger partial charge on any atom is -0.466 e. The lowest BCUT2D eigenvalue weighted by atomic mass is 10.0. The molecule has 0 spiro atoms. The molecule has 0 bridgehead atoms. The van der Waals surface area contributed by atoms with Crippen molar-refractivity contribution >= 4 is 5.97 Å². The van der Waals surface area contributed by atoms with Crippen LogP contribution in [0.3, 0.4) is 0 Å². The van der Waals surface area contributed by atoms with Crippen molar-refractivity contribution in [2.75, 3.05) is 7.11 Å². The Bertz CT molecular complexity index is 338. The number of carbonyl (C=O) groups excluding carboxylic acids is 1. The maximum absolute atomic E-state index is 10.9. The number of esters is 1. The van der Waals surface area contributed by atoms with Crippen molar-refractivity contribution in [1.29, 1.82) is 0 Å². The summed E-state index contributed by atoms with van der Waals surface area (Å²) in [7, 11) is 1.47. The Morgan fingerprint density at radius 1 is 1.75 bits per heavy atom. The van der Waals surface area contributed by atoms with Crippen LogP contribution in [-0.2, 0) is 19.0 Å². The molecule has 0 aromatic heterocycles. The van der Waals surface area contributed by atoms with Gasteiger partial charge in [0.05, 0.1) is 6.04 Å². The van der Waals surface area contributed by atoms with Crippen molar-refractivity contribution in [3.05, 3.63) is 22.8 Å². The highest BCUT2D eigenvalue weighted by Crippen LogP contribution is 2.27. The average molecular weight is 227 g/mol. The third-order valence-electron chi connectivity index (χ3n) is 2.14. The smallest absolute Gasteiger partial charge is 0.303 e. The molecule has 1 saturated heterocycles. The van der Waals surface area contributed by atoms with Crippen molar-refractivity contribution in [3.8, 4) is 0 Å². The van der Waals surface area contributed by atoms with E-state index in [2.05, 4.69) is 16.6 Å². The molecular weight excluding hydrogens is 214 g/mol. The number of nitrogens with zero attached hydrogens (tertiary/aromatic N) is 3. The van der Waals surface area contributed by atoms with E-state index in [9.17, 15) is 4.79 Å². The Labute approximate surface area is 92.6 Å². The summed E-state index contributed by atoms with van der Waals surface area (Å²) >= 11 is 0. The fourth-order valence-electron chi connectivity index (χ4n) is 1.46. The number of azide groups is 1. The first-order valence-corrected chi connectivity index (χ1v) is 4.68. The molecule has 7 heteroatoms. The van der Waals surface area contributed by atoms with Crippen LogP contribution in [0.5, 0.6) is 0 Å². The zero-order valence-electron chi connectivity index (χ0n) is 9.12. The number of hydrogen-bond donors (Lipinski definition) is 0. The van der Waals surface area contributed by atoms with Gasteiger partial charge in [0.15, 0.2) is 12.4 Å². The van der Waals surface area contributed by atoms with E-state index in [0.29, 0.717) is 6.42 Å². The molecule has 0 saturated carbocycles. The maximum Gasteiger partial charge on any atom is 0.303 e. The van der Waals surface area contributed by atoms with Gasteiger partial charge in [0.25, 0.3) is 0 Å². The highest BCUT2D eigenvalue weighted by atomic mass is 16.7. The van der Waals surface area contributed by atoms with Gasteiger partial charge in [-0.3, -0.25) is 4.79 Å². The van der Waals surface area contributed by atoms with Gasteiger partial charge in [0.1, 0.15) is 5.76 Å². The molecule has 7 nitrogen and oxygen atoms in total. The molecule has 16 heavy (non-hydrogen) atoms. The zero-order valence-corrected chi connectivity index (χ0v) is 9.12. The molecule has 1 aliphatic rings. The van der Waals surface area contributed by atoms with E-state index in [1.54, 1.807) is 0 Å². The molecule has 0 aliphatic carbocycles. The molecule has 0 aromatic carbocycles. The molecule has 0 aromatic rings. The van der Waals surface area contributed by atoms with Crippen molar-refractivity contribution in [3.63, 3.8) is 0 Å². The quantitative estimate of drug-likeness (QED) is 0.316. The summed E-state index contributed by atoms with van der Waals surface area (Å²) in [6.07, 6.45) is -0.966. The van der Waals surface area contributed by atoms with E-state index in [1.807, 2.05) is 0 Å². The predicted octanol–water partition coefficient (Wildman–Crippen LogP) is 1.50. The summed E-state index contributed by atoms with van der Waals surface area (Å²) in [5, 5.41) is 3.55. The molecular formula is C9H13N3O4. The highest BCUT2D eigenvalue weighted by molar-refractivity contribution is 5.66. The lowest BCUT2D eigenvalue weighted by Gasteiger charge is -2.34. The van der Waals surface area contributed by atoms with E-state index in [-0.39, 0.29) is 5.76 Å². The van der Waals surface area contributed by atoms with E-state index in [4.69, 9.17) is 19.7 Å². The summed E-state index contributed by atoms with van der Waals surface area (Å²) in [6, 6.07) is -0.555. The monoisotopic (exact) mass is 227 g/mol. The first-order valence-electron chi connectivity index (χ1n) is 4.68. The van der Waals surface area contributed by atoms with E-state index in [0.717, 1.165) is 0 Å². The van der Waals surface area contributed by atoms with E-state index < -0.39 is 24.4 Å². The minimum absolute atomic E-state index is 0.228. The minimum atomic E-state index is -0.750. The van der Waals surface area contributed by atoms with Crippen molar-refractivity contribution < 1.29 is 19.0 Å². The van der Waals surface area contributed by atoms with Crippen LogP contribution >= 0.6 is 0 Å². The van der Waals surface area contributed by atoms with E-state index in [1.165, 1.54) is 14.0 Å². The first kappa shape index (κ1) is 12.4. The molecule has 1 heterocycles. The Morgan fingerprint density at radius 3 is 2.94 bits per heavy atom. The van der Waals surface area contributed by atoms with Crippen molar-refractivity contribution in [1.82, 2.24) is 0 Å². The van der Waals surface area contributed by atoms with Gasteiger partial charge < -0.3 is 14.2 Å². The Morgan fingerprint density at radius 2 is 2.44 bits per heavy atom. The van der Waals surface area contributed by atoms with Gasteiger partial charge in [-0.2, -0.15) is 0 Å². The Kier molecular flexibility index (Phi) is 4.16. The van der Waals surface area contributed by atoms with Gasteiger partial charge in [-0.15, -0.1) is 0 Å². The molecule has 0 unspecified atom stereocenters. The summed E-state index contributed by atoms with van der Waals surface area (Å²) in [5.41, 5.74) is 8.42. The average Bonchev–Trinajstić information content (AvgIpc) is 2.22. The Hall–Kier alpha value is -1.72. The molecule has 1 aliphatic heterocycles. The third-order valence-corrected chi connectivity index (χ3v) is 2.14. The molecule has 1 fully saturated rings. The van der Waals surface area contributed by atoms with Crippen molar-refractivity contribution in [2.45, 2.75) is 31.8 Å². The SMILES string of the molecule is C=C1O[C@@H](OC)C[C@H](N=[N+]=[N-])[C@H]1OC(C)=O. The van der Waals surface area contributed by atoms with Crippen LogP contribution in [0.2, 0.25) is 0 Å². The maximum atomic E-state index is 10.9. The fraction of sp³-hybridized carbons (Fsp3) is 0.667. The van der Waals surface area contributed by atoms with Gasteiger partial charge in [-0.1, -0.05) is 11.7 Å². The van der Waals surface area contributed by atoms with Crippen LogP contribution in [0.1, 0.15) is 13.3 Å². The van der Waals surface area contributed by atoms with Crippen LogP contribution in [0.4, 0.5) is 0 Å². The third kappa shape index (κ3) is 2.88. The second kappa shape index (κ2) is 5.39. The molecule has 0 radical (unpaired) electrons. The summed E-state index contributed by atoms with van der Waals surface area (Å²) in [4.78, 5) is 13.6. The van der Waals surface area contributed by atoms with Crippen LogP contribution in [-0.4, -0.2) is 31.5 Å². The number of ether oxygens (including phenoxy) is 3. The van der Waals surface area contributed by atoms with Gasteiger partial charge in [-0.25, -0.2) is 0 Å². The summed E-state index contributed by atoms with van der Waals surface area (Å²) < 4.78 is 15.2. The number of methoxy groups -OCH3 is 1. The first-order chi connectivity index (χ1) is 7.58. The largest absolute Gasteiger partial charge is 0.466 e. The fourth-order valence-corrected chi connectivity index (χ4v) is 1.46. The predicted molar refractivity (Wildman–Crippen MR) is 54.1 cm³/mol. The lowest BCUT2D eigenvalue weighted by molar-refractivity contribution is -0.168. The van der Waals surface area contributed by atoms with E-state index >= 15 is 0 Å². The normalized spacial score (nSPS) is 28.9. The number of rotatable bonds is 3. The molecule has 0 amide bonds. The zero-order chi connectivity index (χ0) is 12.1. The van der Waals surface area contributed by atoms with Gasteiger partial charge >= 0.3 is 5.97 Å². The molecule has 0 N–H and O–H groups in total. The van der Waals surface area contributed by atoms with Crippen LogP contribution < -0.4 is 0 Å². The van der Waals surface area contributed by atoms with Crippen LogP contribution in [0.15, 0.2) is 17.5 Å². The van der Waals surface area contributed by atoms with Crippen LogP contribution in [0.25, 0.3) is 10.4 Å². The second-order valence-corrected chi connectivity index (χ2v) is 3.29. The van der Waals surface area contributed by atoms with Crippen molar-refractivity contribution in [2.24, 2.45) is 5.11 Å². The number of hydrogen-bond acceptors (Lipinski definition) is 5. The van der Waals surface area contributed by atoms with Gasteiger partial charge in [-0.05, 0) is 5.53 Å². The van der Waals surface area contributed by atoms with Crippen LogP contribution in [0, 0.1) is 0 Å². The van der Waals surface area contributed by atoms with Gasteiger partial charge in [0, 0.05) is 25.4 Å². The number of carbonyl (C=O) groups is 1. The highest BCUT2D eigenvalue weighted by Gasteiger charge is 2.36.